The lowest BCUT2D eigenvalue weighted by atomic mass is 10.1. The quantitative estimate of drug-likeness (QED) is 0.748. The highest BCUT2D eigenvalue weighted by atomic mass is 16.4. The molecule has 0 spiro atoms. The summed E-state index contributed by atoms with van der Waals surface area (Å²) in [6, 6.07) is 7.30. The van der Waals surface area contributed by atoms with Crippen LogP contribution in [-0.2, 0) is 4.79 Å². The number of benzene rings is 1. The minimum absolute atomic E-state index is 0.0651. The molecule has 18 heavy (non-hydrogen) atoms. The third kappa shape index (κ3) is 4.08. The number of carbonyl (C=O) groups excluding carboxylic acids is 1. The van der Waals surface area contributed by atoms with Crippen LogP contribution < -0.4 is 10.2 Å². The van der Waals surface area contributed by atoms with Gasteiger partial charge in [0.15, 0.2) is 0 Å². The third-order valence-corrected chi connectivity index (χ3v) is 2.48. The Morgan fingerprint density at radius 2 is 1.94 bits per heavy atom. The number of amides is 1. The number of aliphatic carboxylic acids is 1. The van der Waals surface area contributed by atoms with E-state index in [0.29, 0.717) is 18.5 Å². The van der Waals surface area contributed by atoms with E-state index in [1.54, 1.807) is 12.1 Å². The molecule has 1 aromatic carbocycles. The van der Waals surface area contributed by atoms with Gasteiger partial charge in [0, 0.05) is 32.7 Å². The summed E-state index contributed by atoms with van der Waals surface area (Å²) < 4.78 is 0. The summed E-state index contributed by atoms with van der Waals surface area (Å²) in [6.45, 7) is 0.368. The van der Waals surface area contributed by atoms with Gasteiger partial charge in [-0.05, 0) is 18.6 Å². The van der Waals surface area contributed by atoms with Crippen LogP contribution in [0, 0.1) is 0 Å². The SMILES string of the molecule is CN(C)c1ccccc1C(=O)NCCCC(=O)O. The number of rotatable bonds is 6. The molecule has 0 unspecified atom stereocenters. The Bertz CT molecular complexity index is 430. The maximum atomic E-state index is 11.9. The van der Waals surface area contributed by atoms with Crippen LogP contribution in [0.25, 0.3) is 0 Å². The molecule has 0 aliphatic carbocycles. The van der Waals surface area contributed by atoms with Crippen LogP contribution in [0.2, 0.25) is 0 Å². The second-order valence-corrected chi connectivity index (χ2v) is 4.16. The first-order valence-electron chi connectivity index (χ1n) is 5.78. The van der Waals surface area contributed by atoms with Crippen molar-refractivity contribution in [3.8, 4) is 0 Å². The summed E-state index contributed by atoms with van der Waals surface area (Å²) in [5, 5.41) is 11.2. The molecule has 1 aromatic rings. The van der Waals surface area contributed by atoms with Gasteiger partial charge in [0.1, 0.15) is 0 Å². The lowest BCUT2D eigenvalue weighted by molar-refractivity contribution is -0.137. The van der Waals surface area contributed by atoms with E-state index in [0.717, 1.165) is 5.69 Å². The van der Waals surface area contributed by atoms with Gasteiger partial charge in [-0.2, -0.15) is 0 Å². The zero-order valence-corrected chi connectivity index (χ0v) is 10.6. The summed E-state index contributed by atoms with van der Waals surface area (Å²) in [7, 11) is 3.74. The average Bonchev–Trinajstić information content (AvgIpc) is 2.34. The molecule has 0 saturated heterocycles. The Labute approximate surface area is 106 Å². The standard InChI is InChI=1S/C13H18N2O3/c1-15(2)11-7-4-3-6-10(11)13(18)14-9-5-8-12(16)17/h3-4,6-7H,5,8-9H2,1-2H3,(H,14,18)(H,16,17). The van der Waals surface area contributed by atoms with Crippen molar-refractivity contribution in [1.82, 2.24) is 5.32 Å². The highest BCUT2D eigenvalue weighted by Crippen LogP contribution is 2.17. The van der Waals surface area contributed by atoms with E-state index in [-0.39, 0.29) is 12.3 Å². The Morgan fingerprint density at radius 3 is 2.56 bits per heavy atom. The molecule has 0 saturated carbocycles. The number of carboxylic acids is 1. The highest BCUT2D eigenvalue weighted by Gasteiger charge is 2.11. The van der Waals surface area contributed by atoms with Gasteiger partial charge in [-0.15, -0.1) is 0 Å². The Morgan fingerprint density at radius 1 is 1.28 bits per heavy atom. The summed E-state index contributed by atoms with van der Waals surface area (Å²) in [4.78, 5) is 24.1. The second kappa shape index (κ2) is 6.64. The maximum absolute atomic E-state index is 11.9. The molecule has 0 aliphatic heterocycles. The van der Waals surface area contributed by atoms with Crippen molar-refractivity contribution < 1.29 is 14.7 Å². The molecular weight excluding hydrogens is 232 g/mol. The van der Waals surface area contributed by atoms with Crippen molar-refractivity contribution >= 4 is 17.6 Å². The summed E-state index contributed by atoms with van der Waals surface area (Å²) in [5.74, 6) is -1.03. The largest absolute Gasteiger partial charge is 0.481 e. The molecule has 0 fully saturated rings. The van der Waals surface area contributed by atoms with E-state index in [2.05, 4.69) is 5.32 Å². The van der Waals surface area contributed by atoms with E-state index in [1.165, 1.54) is 0 Å². The van der Waals surface area contributed by atoms with Gasteiger partial charge >= 0.3 is 5.97 Å². The van der Waals surface area contributed by atoms with Gasteiger partial charge in [-0.1, -0.05) is 12.1 Å². The molecule has 5 nitrogen and oxygen atoms in total. The predicted molar refractivity (Wildman–Crippen MR) is 70.0 cm³/mol. The first kappa shape index (κ1) is 14.0. The number of hydrogen-bond acceptors (Lipinski definition) is 3. The van der Waals surface area contributed by atoms with Crippen molar-refractivity contribution in [2.45, 2.75) is 12.8 Å². The first-order chi connectivity index (χ1) is 8.52. The molecule has 1 rings (SSSR count). The van der Waals surface area contributed by atoms with Crippen molar-refractivity contribution in [3.63, 3.8) is 0 Å². The average molecular weight is 250 g/mol. The summed E-state index contributed by atoms with van der Waals surface area (Å²) >= 11 is 0. The molecule has 0 heterocycles. The zero-order chi connectivity index (χ0) is 13.5. The smallest absolute Gasteiger partial charge is 0.303 e. The highest BCUT2D eigenvalue weighted by molar-refractivity contribution is 5.99. The fourth-order valence-electron chi connectivity index (χ4n) is 1.59. The number of hydrogen-bond donors (Lipinski definition) is 2. The number of nitrogens with one attached hydrogen (secondary N) is 1. The normalized spacial score (nSPS) is 9.89. The first-order valence-corrected chi connectivity index (χ1v) is 5.78. The molecule has 0 bridgehead atoms. The van der Waals surface area contributed by atoms with E-state index >= 15 is 0 Å². The van der Waals surface area contributed by atoms with Crippen LogP contribution in [0.3, 0.4) is 0 Å². The molecule has 0 atom stereocenters. The minimum atomic E-state index is -0.849. The van der Waals surface area contributed by atoms with Crippen LogP contribution >= 0.6 is 0 Å². The number of carbonyl (C=O) groups is 2. The van der Waals surface area contributed by atoms with Gasteiger partial charge < -0.3 is 15.3 Å². The molecule has 2 N–H and O–H groups in total. The maximum Gasteiger partial charge on any atom is 0.303 e. The molecular formula is C13H18N2O3. The van der Waals surface area contributed by atoms with Gasteiger partial charge in [0.05, 0.1) is 5.56 Å². The summed E-state index contributed by atoms with van der Waals surface area (Å²) in [5.41, 5.74) is 1.44. The molecule has 1 amide bonds. The zero-order valence-electron chi connectivity index (χ0n) is 10.6. The molecule has 0 aromatic heterocycles. The minimum Gasteiger partial charge on any atom is -0.481 e. The molecule has 0 aliphatic rings. The second-order valence-electron chi connectivity index (χ2n) is 4.16. The Balaban J connectivity index is 2.59. The number of anilines is 1. The number of carboxylic acid groups (broad SMARTS) is 1. The van der Waals surface area contributed by atoms with Crippen LogP contribution in [0.4, 0.5) is 5.69 Å². The topological polar surface area (TPSA) is 69.6 Å². The van der Waals surface area contributed by atoms with Gasteiger partial charge in [0.2, 0.25) is 0 Å². The van der Waals surface area contributed by atoms with Crippen molar-refractivity contribution in [1.29, 1.82) is 0 Å². The molecule has 5 heteroatoms. The lowest BCUT2D eigenvalue weighted by Gasteiger charge is -2.16. The number of nitrogens with zero attached hydrogens (tertiary/aromatic N) is 1. The van der Waals surface area contributed by atoms with E-state index in [1.807, 2.05) is 31.1 Å². The molecule has 0 radical (unpaired) electrons. The fraction of sp³-hybridized carbons (Fsp3) is 0.385. The monoisotopic (exact) mass is 250 g/mol. The van der Waals surface area contributed by atoms with Crippen LogP contribution in [-0.4, -0.2) is 37.6 Å². The van der Waals surface area contributed by atoms with Crippen molar-refractivity contribution in [2.75, 3.05) is 25.5 Å². The van der Waals surface area contributed by atoms with Gasteiger partial charge in [0.25, 0.3) is 5.91 Å². The number of para-hydroxylation sites is 1. The Hall–Kier alpha value is -2.04. The van der Waals surface area contributed by atoms with Gasteiger partial charge in [-0.3, -0.25) is 9.59 Å². The molecule has 98 valence electrons. The van der Waals surface area contributed by atoms with Crippen LogP contribution in [0.1, 0.15) is 23.2 Å². The third-order valence-electron chi connectivity index (χ3n) is 2.48. The summed E-state index contributed by atoms with van der Waals surface area (Å²) in [6.07, 6.45) is 0.501. The predicted octanol–water partition coefficient (Wildman–Crippen LogP) is 1.35. The van der Waals surface area contributed by atoms with E-state index in [4.69, 9.17) is 5.11 Å². The van der Waals surface area contributed by atoms with Gasteiger partial charge in [-0.25, -0.2) is 0 Å². The van der Waals surface area contributed by atoms with Crippen molar-refractivity contribution in [2.24, 2.45) is 0 Å². The van der Waals surface area contributed by atoms with Crippen molar-refractivity contribution in [3.05, 3.63) is 29.8 Å². The fourth-order valence-corrected chi connectivity index (χ4v) is 1.59. The van der Waals surface area contributed by atoms with E-state index in [9.17, 15) is 9.59 Å². The Kier molecular flexibility index (Phi) is 5.17. The van der Waals surface area contributed by atoms with Crippen LogP contribution in [0.5, 0.6) is 0 Å². The lowest BCUT2D eigenvalue weighted by Crippen LogP contribution is -2.26. The van der Waals surface area contributed by atoms with Crippen LogP contribution in [0.15, 0.2) is 24.3 Å². The van der Waals surface area contributed by atoms with E-state index < -0.39 is 5.97 Å².